The standard InChI is InChI=1S/C13H23NO3/c1-4-17-13(16)8-7-12(15)14-11-6-5-9(2)10(11)3/h9-11H,4-8H2,1-3H3,(H,14,15). The lowest BCUT2D eigenvalue weighted by Crippen LogP contribution is -2.37. The molecule has 0 heterocycles. The van der Waals surface area contributed by atoms with E-state index in [0.29, 0.717) is 18.4 Å². The molecule has 0 aromatic rings. The van der Waals surface area contributed by atoms with Crippen molar-refractivity contribution in [3.8, 4) is 0 Å². The van der Waals surface area contributed by atoms with Gasteiger partial charge in [0, 0.05) is 12.5 Å². The van der Waals surface area contributed by atoms with Crippen molar-refractivity contribution in [3.05, 3.63) is 0 Å². The quantitative estimate of drug-likeness (QED) is 0.748. The van der Waals surface area contributed by atoms with Crippen molar-refractivity contribution >= 4 is 11.9 Å². The third-order valence-electron chi connectivity index (χ3n) is 3.67. The normalized spacial score (nSPS) is 27.8. The zero-order chi connectivity index (χ0) is 12.8. The van der Waals surface area contributed by atoms with E-state index in [0.717, 1.165) is 6.42 Å². The molecule has 4 heteroatoms. The van der Waals surface area contributed by atoms with E-state index < -0.39 is 0 Å². The Morgan fingerprint density at radius 1 is 1.24 bits per heavy atom. The minimum atomic E-state index is -0.296. The number of carbonyl (C=O) groups is 2. The lowest BCUT2D eigenvalue weighted by Gasteiger charge is -2.19. The van der Waals surface area contributed by atoms with Gasteiger partial charge in [0.25, 0.3) is 0 Å². The second kappa shape index (κ2) is 6.62. The maximum Gasteiger partial charge on any atom is 0.306 e. The van der Waals surface area contributed by atoms with E-state index in [4.69, 9.17) is 4.74 Å². The molecule has 1 fully saturated rings. The van der Waals surface area contributed by atoms with Gasteiger partial charge in [0.05, 0.1) is 13.0 Å². The molecule has 0 aromatic heterocycles. The molecule has 1 aliphatic carbocycles. The topological polar surface area (TPSA) is 55.4 Å². The number of amides is 1. The third kappa shape index (κ3) is 4.36. The first kappa shape index (κ1) is 14.0. The number of rotatable bonds is 5. The van der Waals surface area contributed by atoms with Crippen LogP contribution >= 0.6 is 0 Å². The lowest BCUT2D eigenvalue weighted by atomic mass is 9.98. The Labute approximate surface area is 103 Å². The van der Waals surface area contributed by atoms with Gasteiger partial charge >= 0.3 is 5.97 Å². The Balaban J connectivity index is 2.23. The van der Waals surface area contributed by atoms with Gasteiger partial charge in [-0.1, -0.05) is 13.8 Å². The molecule has 17 heavy (non-hydrogen) atoms. The molecule has 1 saturated carbocycles. The number of hydrogen-bond acceptors (Lipinski definition) is 3. The van der Waals surface area contributed by atoms with Gasteiger partial charge in [0.2, 0.25) is 5.91 Å². The fourth-order valence-corrected chi connectivity index (χ4v) is 2.30. The molecule has 0 spiro atoms. The van der Waals surface area contributed by atoms with Gasteiger partial charge in [-0.05, 0) is 31.6 Å². The van der Waals surface area contributed by atoms with E-state index in [1.54, 1.807) is 6.92 Å². The van der Waals surface area contributed by atoms with E-state index in [1.807, 2.05) is 0 Å². The zero-order valence-electron chi connectivity index (χ0n) is 11.0. The minimum Gasteiger partial charge on any atom is -0.466 e. The average Bonchev–Trinajstić information content (AvgIpc) is 2.59. The van der Waals surface area contributed by atoms with Crippen molar-refractivity contribution in [2.45, 2.75) is 52.5 Å². The van der Waals surface area contributed by atoms with Crippen molar-refractivity contribution in [3.63, 3.8) is 0 Å². The number of ether oxygens (including phenoxy) is 1. The van der Waals surface area contributed by atoms with Crippen LogP contribution in [0.5, 0.6) is 0 Å². The van der Waals surface area contributed by atoms with E-state index in [1.165, 1.54) is 6.42 Å². The van der Waals surface area contributed by atoms with Gasteiger partial charge in [-0.25, -0.2) is 0 Å². The number of hydrogen-bond donors (Lipinski definition) is 1. The molecule has 0 bridgehead atoms. The van der Waals surface area contributed by atoms with E-state index in [9.17, 15) is 9.59 Å². The maximum atomic E-state index is 11.6. The fourth-order valence-electron chi connectivity index (χ4n) is 2.30. The predicted octanol–water partition coefficient (Wildman–Crippen LogP) is 1.88. The van der Waals surface area contributed by atoms with Crippen LogP contribution in [0.3, 0.4) is 0 Å². The maximum absolute atomic E-state index is 11.6. The van der Waals surface area contributed by atoms with E-state index in [2.05, 4.69) is 19.2 Å². The summed E-state index contributed by atoms with van der Waals surface area (Å²) in [4.78, 5) is 22.7. The fraction of sp³-hybridized carbons (Fsp3) is 0.846. The Kier molecular flexibility index (Phi) is 5.45. The van der Waals surface area contributed by atoms with Crippen LogP contribution in [-0.4, -0.2) is 24.5 Å². The van der Waals surface area contributed by atoms with Crippen LogP contribution in [0.4, 0.5) is 0 Å². The van der Waals surface area contributed by atoms with Crippen LogP contribution in [0.1, 0.15) is 46.5 Å². The SMILES string of the molecule is CCOC(=O)CCC(=O)NC1CCC(C)C1C. The van der Waals surface area contributed by atoms with Crippen LogP contribution in [0, 0.1) is 11.8 Å². The first-order valence-electron chi connectivity index (χ1n) is 6.49. The number of nitrogens with one attached hydrogen (secondary N) is 1. The van der Waals surface area contributed by atoms with E-state index in [-0.39, 0.29) is 30.8 Å². The Hall–Kier alpha value is -1.06. The van der Waals surface area contributed by atoms with Crippen LogP contribution in [0.25, 0.3) is 0 Å². The molecule has 0 aliphatic heterocycles. The summed E-state index contributed by atoms with van der Waals surface area (Å²) in [5, 5.41) is 3.01. The summed E-state index contributed by atoms with van der Waals surface area (Å²) in [6.07, 6.45) is 2.63. The summed E-state index contributed by atoms with van der Waals surface area (Å²) in [5.41, 5.74) is 0. The van der Waals surface area contributed by atoms with Gasteiger partial charge in [-0.2, -0.15) is 0 Å². The highest BCUT2D eigenvalue weighted by atomic mass is 16.5. The van der Waals surface area contributed by atoms with Crippen molar-refractivity contribution in [2.24, 2.45) is 11.8 Å². The van der Waals surface area contributed by atoms with Crippen molar-refractivity contribution in [2.75, 3.05) is 6.61 Å². The molecular formula is C13H23NO3. The highest BCUT2D eigenvalue weighted by molar-refractivity contribution is 5.81. The predicted molar refractivity (Wildman–Crippen MR) is 65.4 cm³/mol. The highest BCUT2D eigenvalue weighted by Gasteiger charge is 2.30. The summed E-state index contributed by atoms with van der Waals surface area (Å²) in [6, 6.07) is 0.277. The van der Waals surface area contributed by atoms with Gasteiger partial charge in [0.1, 0.15) is 0 Å². The molecule has 3 atom stereocenters. The van der Waals surface area contributed by atoms with Gasteiger partial charge in [-0.15, -0.1) is 0 Å². The van der Waals surface area contributed by atoms with Gasteiger partial charge < -0.3 is 10.1 Å². The van der Waals surface area contributed by atoms with E-state index >= 15 is 0 Å². The molecule has 4 nitrogen and oxygen atoms in total. The Morgan fingerprint density at radius 2 is 1.94 bits per heavy atom. The molecule has 1 rings (SSSR count). The smallest absolute Gasteiger partial charge is 0.306 e. The van der Waals surface area contributed by atoms with Crippen molar-refractivity contribution in [1.82, 2.24) is 5.32 Å². The molecule has 0 saturated heterocycles. The minimum absolute atomic E-state index is 0.0380. The molecule has 3 unspecified atom stereocenters. The monoisotopic (exact) mass is 241 g/mol. The summed E-state index contributed by atoms with van der Waals surface area (Å²) in [5.74, 6) is 0.867. The molecular weight excluding hydrogens is 218 g/mol. The molecule has 0 radical (unpaired) electrons. The first-order chi connectivity index (χ1) is 8.04. The third-order valence-corrected chi connectivity index (χ3v) is 3.67. The first-order valence-corrected chi connectivity index (χ1v) is 6.49. The Bertz CT molecular complexity index is 278. The summed E-state index contributed by atoms with van der Waals surface area (Å²) >= 11 is 0. The summed E-state index contributed by atoms with van der Waals surface area (Å²) in [6.45, 7) is 6.53. The average molecular weight is 241 g/mol. The van der Waals surface area contributed by atoms with Crippen LogP contribution < -0.4 is 5.32 Å². The second-order valence-electron chi connectivity index (χ2n) is 4.89. The van der Waals surface area contributed by atoms with Gasteiger partial charge in [-0.3, -0.25) is 9.59 Å². The lowest BCUT2D eigenvalue weighted by molar-refractivity contribution is -0.144. The highest BCUT2D eigenvalue weighted by Crippen LogP contribution is 2.31. The van der Waals surface area contributed by atoms with Crippen LogP contribution in [0.15, 0.2) is 0 Å². The molecule has 0 aromatic carbocycles. The van der Waals surface area contributed by atoms with Crippen molar-refractivity contribution in [1.29, 1.82) is 0 Å². The molecule has 1 N–H and O–H groups in total. The van der Waals surface area contributed by atoms with Crippen LogP contribution in [-0.2, 0) is 14.3 Å². The molecule has 98 valence electrons. The second-order valence-corrected chi connectivity index (χ2v) is 4.89. The number of esters is 1. The largest absolute Gasteiger partial charge is 0.466 e. The van der Waals surface area contributed by atoms with Gasteiger partial charge in [0.15, 0.2) is 0 Å². The molecule has 1 amide bonds. The Morgan fingerprint density at radius 3 is 2.47 bits per heavy atom. The van der Waals surface area contributed by atoms with Crippen molar-refractivity contribution < 1.29 is 14.3 Å². The van der Waals surface area contributed by atoms with Crippen LogP contribution in [0.2, 0.25) is 0 Å². The summed E-state index contributed by atoms with van der Waals surface area (Å²) < 4.78 is 4.78. The number of carbonyl (C=O) groups excluding carboxylic acids is 2. The summed E-state index contributed by atoms with van der Waals surface area (Å²) in [7, 11) is 0. The molecule has 1 aliphatic rings. The zero-order valence-corrected chi connectivity index (χ0v) is 11.0.